The maximum absolute atomic E-state index is 10.4. The molecule has 0 saturated carbocycles. The zero-order valence-corrected chi connectivity index (χ0v) is 7.67. The van der Waals surface area contributed by atoms with Gasteiger partial charge in [0.1, 0.15) is 11.4 Å². The quantitative estimate of drug-likeness (QED) is 0.456. The summed E-state index contributed by atoms with van der Waals surface area (Å²) in [6, 6.07) is 3.74. The third kappa shape index (κ3) is 2.29. The molecule has 14 heavy (non-hydrogen) atoms. The van der Waals surface area contributed by atoms with Gasteiger partial charge in [-0.1, -0.05) is 6.92 Å². The minimum Gasteiger partial charge on any atom is -0.506 e. The van der Waals surface area contributed by atoms with Gasteiger partial charge in [0.05, 0.1) is 4.92 Å². The van der Waals surface area contributed by atoms with E-state index in [-0.39, 0.29) is 17.1 Å². The van der Waals surface area contributed by atoms with Gasteiger partial charge in [-0.15, -0.1) is 0 Å². The summed E-state index contributed by atoms with van der Waals surface area (Å²) in [6.45, 7) is 1.89. The van der Waals surface area contributed by atoms with Gasteiger partial charge in [-0.05, 0) is 12.5 Å². The van der Waals surface area contributed by atoms with E-state index in [0.29, 0.717) is 6.42 Å². The molecule has 0 saturated heterocycles. The molecular weight excluding hydrogens is 184 g/mol. The predicted octanol–water partition coefficient (Wildman–Crippen LogP) is 2.41. The van der Waals surface area contributed by atoms with Crippen molar-refractivity contribution in [3.05, 3.63) is 28.3 Å². The van der Waals surface area contributed by atoms with Crippen molar-refractivity contribution in [2.75, 3.05) is 0 Å². The average molecular weight is 194 g/mol. The SMILES string of the molecule is CC/C=N\c1cc([N+](=O)[O-])ccc1O. The van der Waals surface area contributed by atoms with Gasteiger partial charge in [-0.2, -0.15) is 0 Å². The number of phenols is 1. The Kier molecular flexibility index (Phi) is 3.17. The number of rotatable bonds is 3. The molecule has 0 aliphatic heterocycles. The summed E-state index contributed by atoms with van der Waals surface area (Å²) >= 11 is 0. The fourth-order valence-corrected chi connectivity index (χ4v) is 0.918. The highest BCUT2D eigenvalue weighted by Gasteiger charge is 2.08. The molecule has 1 N–H and O–H groups in total. The molecule has 1 rings (SSSR count). The number of nitrogens with zero attached hydrogens (tertiary/aromatic N) is 2. The van der Waals surface area contributed by atoms with Crippen molar-refractivity contribution < 1.29 is 10.0 Å². The Morgan fingerprint density at radius 2 is 2.36 bits per heavy atom. The fourth-order valence-electron chi connectivity index (χ4n) is 0.918. The number of nitro groups is 1. The molecule has 0 amide bonds. The Labute approximate surface area is 80.9 Å². The Bertz CT molecular complexity index is 374. The topological polar surface area (TPSA) is 75.7 Å². The minimum absolute atomic E-state index is 0.0553. The lowest BCUT2D eigenvalue weighted by atomic mass is 10.2. The second kappa shape index (κ2) is 4.36. The first-order chi connectivity index (χ1) is 6.65. The molecule has 0 unspecified atom stereocenters. The monoisotopic (exact) mass is 194 g/mol. The molecule has 74 valence electrons. The van der Waals surface area contributed by atoms with E-state index in [1.165, 1.54) is 18.2 Å². The number of phenolic OH excluding ortho intramolecular Hbond substituents is 1. The molecule has 0 aromatic heterocycles. The van der Waals surface area contributed by atoms with Crippen molar-refractivity contribution in [2.24, 2.45) is 4.99 Å². The zero-order chi connectivity index (χ0) is 10.6. The Morgan fingerprint density at radius 1 is 1.64 bits per heavy atom. The normalized spacial score (nSPS) is 10.6. The lowest BCUT2D eigenvalue weighted by molar-refractivity contribution is -0.384. The van der Waals surface area contributed by atoms with Crippen LogP contribution in [0.4, 0.5) is 11.4 Å². The summed E-state index contributed by atoms with van der Waals surface area (Å²) in [5.74, 6) is -0.0553. The maximum Gasteiger partial charge on any atom is 0.271 e. The third-order valence-corrected chi connectivity index (χ3v) is 1.58. The Hall–Kier alpha value is -1.91. The molecule has 5 heteroatoms. The fraction of sp³-hybridized carbons (Fsp3) is 0.222. The molecule has 5 nitrogen and oxygen atoms in total. The molecule has 0 spiro atoms. The highest BCUT2D eigenvalue weighted by atomic mass is 16.6. The van der Waals surface area contributed by atoms with Crippen molar-refractivity contribution in [1.29, 1.82) is 0 Å². The third-order valence-electron chi connectivity index (χ3n) is 1.58. The van der Waals surface area contributed by atoms with E-state index in [9.17, 15) is 15.2 Å². The summed E-state index contributed by atoms with van der Waals surface area (Å²) in [5, 5.41) is 19.7. The molecule has 0 aliphatic carbocycles. The van der Waals surface area contributed by atoms with Crippen molar-refractivity contribution in [3.63, 3.8) is 0 Å². The van der Waals surface area contributed by atoms with Crippen LogP contribution in [0.15, 0.2) is 23.2 Å². The van der Waals surface area contributed by atoms with Crippen LogP contribution in [0, 0.1) is 10.1 Å². The lowest BCUT2D eigenvalue weighted by Crippen LogP contribution is -1.86. The summed E-state index contributed by atoms with van der Waals surface area (Å²) in [7, 11) is 0. The molecule has 1 aromatic rings. The van der Waals surface area contributed by atoms with E-state index < -0.39 is 4.92 Å². The number of hydrogen-bond acceptors (Lipinski definition) is 4. The molecule has 0 fully saturated rings. The first kappa shape index (κ1) is 10.2. The molecule has 0 atom stereocenters. The molecule has 0 radical (unpaired) electrons. The molecule has 0 aliphatic rings. The Balaban J connectivity index is 3.08. The van der Waals surface area contributed by atoms with Crippen molar-refractivity contribution in [1.82, 2.24) is 0 Å². The van der Waals surface area contributed by atoms with Crippen LogP contribution in [-0.2, 0) is 0 Å². The van der Waals surface area contributed by atoms with Crippen LogP contribution in [-0.4, -0.2) is 16.2 Å². The Morgan fingerprint density at radius 3 is 2.93 bits per heavy atom. The minimum atomic E-state index is -0.523. The van der Waals surface area contributed by atoms with Gasteiger partial charge in [0.2, 0.25) is 0 Å². The summed E-state index contributed by atoms with van der Waals surface area (Å²) in [4.78, 5) is 13.8. The van der Waals surface area contributed by atoms with E-state index in [1.807, 2.05) is 6.92 Å². The van der Waals surface area contributed by atoms with Crippen LogP contribution in [0.25, 0.3) is 0 Å². The van der Waals surface area contributed by atoms with E-state index in [0.717, 1.165) is 0 Å². The van der Waals surface area contributed by atoms with Crippen LogP contribution in [0.3, 0.4) is 0 Å². The largest absolute Gasteiger partial charge is 0.506 e. The van der Waals surface area contributed by atoms with Crippen LogP contribution in [0.2, 0.25) is 0 Å². The zero-order valence-electron chi connectivity index (χ0n) is 7.67. The smallest absolute Gasteiger partial charge is 0.271 e. The maximum atomic E-state index is 10.4. The first-order valence-corrected chi connectivity index (χ1v) is 4.15. The van der Waals surface area contributed by atoms with Gasteiger partial charge in [-0.25, -0.2) is 0 Å². The van der Waals surface area contributed by atoms with E-state index >= 15 is 0 Å². The number of hydrogen-bond donors (Lipinski definition) is 1. The summed E-state index contributed by atoms with van der Waals surface area (Å²) in [6.07, 6.45) is 2.29. The second-order valence-electron chi connectivity index (χ2n) is 2.65. The van der Waals surface area contributed by atoms with Gasteiger partial charge in [0, 0.05) is 18.3 Å². The molecule has 0 heterocycles. The summed E-state index contributed by atoms with van der Waals surface area (Å²) < 4.78 is 0. The van der Waals surface area contributed by atoms with Crippen LogP contribution in [0.1, 0.15) is 13.3 Å². The van der Waals surface area contributed by atoms with Gasteiger partial charge >= 0.3 is 0 Å². The van der Waals surface area contributed by atoms with Gasteiger partial charge in [0.25, 0.3) is 5.69 Å². The number of benzene rings is 1. The molecule has 0 bridgehead atoms. The average Bonchev–Trinajstić information content (AvgIpc) is 2.16. The van der Waals surface area contributed by atoms with Crippen LogP contribution < -0.4 is 0 Å². The van der Waals surface area contributed by atoms with Crippen molar-refractivity contribution >= 4 is 17.6 Å². The molecule has 1 aromatic carbocycles. The number of nitro benzene ring substituents is 1. The van der Waals surface area contributed by atoms with Crippen LogP contribution in [0.5, 0.6) is 5.75 Å². The standard InChI is InChI=1S/C9H10N2O3/c1-2-5-10-8-6-7(11(13)14)3-4-9(8)12/h3-6,12H,2H2,1H3/b10-5-. The predicted molar refractivity (Wildman–Crippen MR) is 53.2 cm³/mol. The first-order valence-electron chi connectivity index (χ1n) is 4.15. The van der Waals surface area contributed by atoms with Crippen molar-refractivity contribution in [2.45, 2.75) is 13.3 Å². The van der Waals surface area contributed by atoms with E-state index in [4.69, 9.17) is 0 Å². The summed E-state index contributed by atoms with van der Waals surface area (Å²) in [5.41, 5.74) is 0.145. The van der Waals surface area contributed by atoms with Gasteiger partial charge in [0.15, 0.2) is 0 Å². The number of aliphatic imine (C=N–C) groups is 1. The highest BCUT2D eigenvalue weighted by Crippen LogP contribution is 2.29. The lowest BCUT2D eigenvalue weighted by Gasteiger charge is -1.97. The number of aromatic hydroxyl groups is 1. The second-order valence-corrected chi connectivity index (χ2v) is 2.65. The number of non-ortho nitro benzene ring substituents is 1. The van der Waals surface area contributed by atoms with Gasteiger partial charge < -0.3 is 5.11 Å². The molecular formula is C9H10N2O3. The van der Waals surface area contributed by atoms with Crippen molar-refractivity contribution in [3.8, 4) is 5.75 Å². The highest BCUT2D eigenvalue weighted by molar-refractivity contribution is 5.67. The van der Waals surface area contributed by atoms with E-state index in [1.54, 1.807) is 6.21 Å². The van der Waals surface area contributed by atoms with Crippen LogP contribution >= 0.6 is 0 Å². The van der Waals surface area contributed by atoms with E-state index in [2.05, 4.69) is 4.99 Å². The van der Waals surface area contributed by atoms with Gasteiger partial charge in [-0.3, -0.25) is 15.1 Å².